The summed E-state index contributed by atoms with van der Waals surface area (Å²) in [5.74, 6) is -0.764. The molecule has 248 valence electrons. The lowest BCUT2D eigenvalue weighted by molar-refractivity contribution is -0.122. The summed E-state index contributed by atoms with van der Waals surface area (Å²) in [4.78, 5) is 32.0. The summed E-state index contributed by atoms with van der Waals surface area (Å²) in [7, 11) is -2.68. The van der Waals surface area contributed by atoms with Crippen LogP contribution in [0.4, 0.5) is 0 Å². The number of hydrogen-bond donors (Lipinski definition) is 1. The molecule has 0 saturated heterocycles. The molecule has 0 radical (unpaired) electrons. The molecule has 3 aromatic heterocycles. The number of aryl methyl sites for hydroxylation is 1. The molecule has 2 amide bonds. The van der Waals surface area contributed by atoms with Crippen molar-refractivity contribution in [3.63, 3.8) is 0 Å². The van der Waals surface area contributed by atoms with Crippen molar-refractivity contribution >= 4 is 84.2 Å². The van der Waals surface area contributed by atoms with Crippen molar-refractivity contribution in [1.82, 2.24) is 14.9 Å². The first-order chi connectivity index (χ1) is 24.3. The second-order valence-corrected chi connectivity index (χ2v) is 19.1. The number of thiophene rings is 1. The average Bonchev–Trinajstić information content (AvgIpc) is 3.78. The molecule has 1 N–H and O–H groups in total. The number of aromatic nitrogens is 2. The van der Waals surface area contributed by atoms with Gasteiger partial charge in [-0.05, 0) is 40.0 Å². The fourth-order valence-corrected chi connectivity index (χ4v) is 13.5. The Hall–Kier alpha value is -5.15. The first-order valence-electron chi connectivity index (χ1n) is 17.0. The van der Waals surface area contributed by atoms with Gasteiger partial charge in [0, 0.05) is 62.2 Å². The zero-order chi connectivity index (χ0) is 34.5. The fraction of sp³-hybridized carbons (Fsp3) is 0.167. The van der Waals surface area contributed by atoms with Crippen LogP contribution >= 0.6 is 11.3 Å². The highest BCUT2D eigenvalue weighted by Gasteiger charge is 2.50. The number of pyridine rings is 1. The summed E-state index contributed by atoms with van der Waals surface area (Å²) >= 11 is 1.64. The number of nitrogens with zero attached hydrogens (tertiary/aromatic N) is 2. The summed E-state index contributed by atoms with van der Waals surface area (Å²) in [5.41, 5.74) is 3.04. The van der Waals surface area contributed by atoms with Crippen LogP contribution in [0.25, 0.3) is 42.4 Å². The van der Waals surface area contributed by atoms with E-state index in [1.165, 1.54) is 10.4 Å². The van der Waals surface area contributed by atoms with E-state index in [-0.39, 0.29) is 16.9 Å². The lowest BCUT2D eigenvalue weighted by atomic mass is 9.95. The monoisotopic (exact) mass is 691 g/mol. The fourth-order valence-electron chi connectivity index (χ4n) is 7.63. The second-order valence-electron chi connectivity index (χ2n) is 13.8. The molecule has 4 aromatic carbocycles. The van der Waals surface area contributed by atoms with Crippen LogP contribution in [0, 0.1) is 0 Å². The molecule has 50 heavy (non-hydrogen) atoms. The summed E-state index contributed by atoms with van der Waals surface area (Å²) in [5, 5.41) is 8.04. The Morgan fingerprint density at radius 1 is 0.720 bits per heavy atom. The SMILES string of the molecule is CC(C)(C)[Si](OCCCn1cc(C2=C(c3cccc4c3sc3ccccc34)C(=O)NC2=O)c2cccnc21)(c1ccccc1)c1ccccc1. The van der Waals surface area contributed by atoms with E-state index in [1.807, 2.05) is 42.6 Å². The van der Waals surface area contributed by atoms with E-state index in [0.29, 0.717) is 29.9 Å². The van der Waals surface area contributed by atoms with Crippen molar-refractivity contribution in [3.8, 4) is 0 Å². The largest absolute Gasteiger partial charge is 0.407 e. The second kappa shape index (κ2) is 12.6. The number of fused-ring (bicyclic) bond motifs is 4. The van der Waals surface area contributed by atoms with E-state index in [9.17, 15) is 9.59 Å². The van der Waals surface area contributed by atoms with Crippen molar-refractivity contribution < 1.29 is 14.0 Å². The van der Waals surface area contributed by atoms with Crippen molar-refractivity contribution in [2.45, 2.75) is 38.8 Å². The number of hydrogen-bond acceptors (Lipinski definition) is 5. The summed E-state index contributed by atoms with van der Waals surface area (Å²) in [6, 6.07) is 39.4. The minimum Gasteiger partial charge on any atom is -0.407 e. The number of carbonyl (C=O) groups excluding carboxylic acids is 2. The molecule has 1 aliphatic heterocycles. The van der Waals surface area contributed by atoms with Crippen LogP contribution in [0.3, 0.4) is 0 Å². The molecule has 4 heterocycles. The Labute approximate surface area is 296 Å². The summed E-state index contributed by atoms with van der Waals surface area (Å²) < 4.78 is 11.4. The number of carbonyl (C=O) groups is 2. The highest BCUT2D eigenvalue weighted by molar-refractivity contribution is 7.26. The average molecular weight is 692 g/mol. The van der Waals surface area contributed by atoms with E-state index < -0.39 is 8.32 Å². The summed E-state index contributed by atoms with van der Waals surface area (Å²) in [6.07, 6.45) is 4.50. The van der Waals surface area contributed by atoms with Gasteiger partial charge in [0.25, 0.3) is 20.1 Å². The van der Waals surface area contributed by atoms with Gasteiger partial charge < -0.3 is 8.99 Å². The molecule has 0 aliphatic carbocycles. The number of benzene rings is 4. The Morgan fingerprint density at radius 3 is 2.04 bits per heavy atom. The predicted octanol–water partition coefficient (Wildman–Crippen LogP) is 7.94. The van der Waals surface area contributed by atoms with Crippen LogP contribution in [-0.4, -0.2) is 36.3 Å². The first-order valence-corrected chi connectivity index (χ1v) is 19.7. The quantitative estimate of drug-likeness (QED) is 0.0948. The van der Waals surface area contributed by atoms with Crippen LogP contribution in [0.1, 0.15) is 38.3 Å². The third-order valence-corrected chi connectivity index (χ3v) is 16.0. The number of nitrogens with one attached hydrogen (secondary N) is 1. The molecular weight excluding hydrogens is 655 g/mol. The van der Waals surface area contributed by atoms with Gasteiger partial charge in [-0.3, -0.25) is 14.9 Å². The van der Waals surface area contributed by atoms with Crippen molar-refractivity contribution in [3.05, 3.63) is 139 Å². The third kappa shape index (κ3) is 5.22. The highest BCUT2D eigenvalue weighted by Crippen LogP contribution is 2.43. The van der Waals surface area contributed by atoms with Crippen molar-refractivity contribution in [2.24, 2.45) is 0 Å². The van der Waals surface area contributed by atoms with E-state index in [2.05, 4.69) is 110 Å². The normalized spacial score (nSPS) is 14.0. The number of amides is 2. The standard InChI is InChI=1S/C42H37N3O3SSi/c1-42(2,3)50(28-15-6-4-7-16-28,29-17-8-5-9-18-29)48-26-14-25-45-27-34(32-22-13-24-43-39(32)45)37-36(40(46)44-41(37)47)33-21-12-20-31-30-19-10-11-23-35(30)49-38(31)33/h4-13,15-24,27H,14,25-26H2,1-3H3,(H,44,46,47). The molecule has 0 unspecified atom stereocenters. The maximum Gasteiger partial charge on any atom is 0.261 e. The lowest BCUT2D eigenvalue weighted by Crippen LogP contribution is -2.66. The smallest absolute Gasteiger partial charge is 0.261 e. The van der Waals surface area contributed by atoms with Gasteiger partial charge in [0.05, 0.1) is 11.1 Å². The van der Waals surface area contributed by atoms with Gasteiger partial charge in [-0.25, -0.2) is 4.98 Å². The molecule has 7 aromatic rings. The molecule has 0 bridgehead atoms. The van der Waals surface area contributed by atoms with E-state index in [4.69, 9.17) is 9.41 Å². The van der Waals surface area contributed by atoms with Gasteiger partial charge in [-0.15, -0.1) is 11.3 Å². The van der Waals surface area contributed by atoms with E-state index >= 15 is 0 Å². The molecule has 0 spiro atoms. The van der Waals surface area contributed by atoms with Crippen LogP contribution < -0.4 is 15.7 Å². The molecule has 1 aliphatic rings. The lowest BCUT2D eigenvalue weighted by Gasteiger charge is -2.43. The van der Waals surface area contributed by atoms with E-state index in [0.717, 1.165) is 43.2 Å². The van der Waals surface area contributed by atoms with Crippen LogP contribution in [0.2, 0.25) is 5.04 Å². The molecule has 0 saturated carbocycles. The van der Waals surface area contributed by atoms with Gasteiger partial charge >= 0.3 is 0 Å². The van der Waals surface area contributed by atoms with Crippen molar-refractivity contribution in [1.29, 1.82) is 0 Å². The van der Waals surface area contributed by atoms with Crippen LogP contribution in [0.15, 0.2) is 128 Å². The Morgan fingerprint density at radius 2 is 1.34 bits per heavy atom. The number of rotatable bonds is 9. The Bertz CT molecular complexity index is 2400. The zero-order valence-corrected chi connectivity index (χ0v) is 30.1. The number of imide groups is 1. The molecule has 0 fully saturated rings. The highest BCUT2D eigenvalue weighted by atomic mass is 32.1. The first kappa shape index (κ1) is 32.1. The molecular formula is C42H37N3O3SSi. The molecule has 8 heteroatoms. The zero-order valence-electron chi connectivity index (χ0n) is 28.3. The predicted molar refractivity (Wildman–Crippen MR) is 207 cm³/mol. The topological polar surface area (TPSA) is 73.2 Å². The van der Waals surface area contributed by atoms with Gasteiger partial charge in [-0.1, -0.05) is 118 Å². The molecule has 8 rings (SSSR count). The summed E-state index contributed by atoms with van der Waals surface area (Å²) in [6.45, 7) is 8.04. The minimum absolute atomic E-state index is 0.118. The maximum atomic E-state index is 13.6. The van der Waals surface area contributed by atoms with E-state index in [1.54, 1.807) is 17.5 Å². The van der Waals surface area contributed by atoms with Gasteiger partial charge in [0.15, 0.2) is 0 Å². The Kier molecular flexibility index (Phi) is 8.10. The van der Waals surface area contributed by atoms with Gasteiger partial charge in [-0.2, -0.15) is 0 Å². The minimum atomic E-state index is -2.68. The molecule has 6 nitrogen and oxygen atoms in total. The Balaban J connectivity index is 1.16. The van der Waals surface area contributed by atoms with Gasteiger partial charge in [0.1, 0.15) is 5.65 Å². The van der Waals surface area contributed by atoms with Crippen LogP contribution in [-0.2, 0) is 20.6 Å². The van der Waals surface area contributed by atoms with Crippen LogP contribution in [0.5, 0.6) is 0 Å². The van der Waals surface area contributed by atoms with Crippen molar-refractivity contribution in [2.75, 3.05) is 6.61 Å². The maximum absolute atomic E-state index is 13.6. The molecule has 0 atom stereocenters. The third-order valence-electron chi connectivity index (χ3n) is 9.79. The van der Waals surface area contributed by atoms with Gasteiger partial charge in [0.2, 0.25) is 0 Å².